The molecule has 2 rings (SSSR count). The zero-order chi connectivity index (χ0) is 17.7. The third-order valence-corrected chi connectivity index (χ3v) is 4.28. The van der Waals surface area contributed by atoms with Crippen molar-refractivity contribution < 1.29 is 19.1 Å². The second-order valence-corrected chi connectivity index (χ2v) is 6.06. The third kappa shape index (κ3) is 3.93. The summed E-state index contributed by atoms with van der Waals surface area (Å²) in [6.45, 7) is 3.13. The maximum atomic E-state index is 12.5. The molecule has 2 amide bonds. The molecule has 6 heteroatoms. The van der Waals surface area contributed by atoms with E-state index in [1.165, 1.54) is 7.11 Å². The van der Waals surface area contributed by atoms with Gasteiger partial charge in [-0.25, -0.2) is 4.79 Å². The quantitative estimate of drug-likeness (QED) is 0.748. The van der Waals surface area contributed by atoms with Gasteiger partial charge in [0.05, 0.1) is 18.6 Å². The Morgan fingerprint density at radius 1 is 1.38 bits per heavy atom. The summed E-state index contributed by atoms with van der Waals surface area (Å²) in [5.74, 6) is -0.876. The molecular formula is C18H24N2O4. The van der Waals surface area contributed by atoms with E-state index >= 15 is 0 Å². The van der Waals surface area contributed by atoms with Crippen LogP contribution in [-0.2, 0) is 14.3 Å². The number of carbonyl (C=O) groups excluding carboxylic acids is 3. The summed E-state index contributed by atoms with van der Waals surface area (Å²) in [4.78, 5) is 39.7. The van der Waals surface area contributed by atoms with Crippen molar-refractivity contribution >= 4 is 23.5 Å². The molecule has 1 heterocycles. The summed E-state index contributed by atoms with van der Waals surface area (Å²) in [5.41, 5.74) is 1.01. The van der Waals surface area contributed by atoms with Crippen LogP contribution in [0.1, 0.15) is 36.5 Å². The van der Waals surface area contributed by atoms with Crippen LogP contribution in [0.2, 0.25) is 0 Å². The van der Waals surface area contributed by atoms with Crippen molar-refractivity contribution in [2.45, 2.75) is 26.2 Å². The number of carbonyl (C=O) groups is 3. The van der Waals surface area contributed by atoms with Crippen LogP contribution >= 0.6 is 0 Å². The van der Waals surface area contributed by atoms with Crippen LogP contribution in [0, 0.1) is 5.92 Å². The Kier molecular flexibility index (Phi) is 5.95. The summed E-state index contributed by atoms with van der Waals surface area (Å²) in [6, 6.07) is 6.73. The minimum Gasteiger partial charge on any atom is -0.465 e. The number of methoxy groups -OCH3 is 1. The van der Waals surface area contributed by atoms with Gasteiger partial charge in [-0.3, -0.25) is 9.59 Å². The minimum atomic E-state index is -0.449. The third-order valence-electron chi connectivity index (χ3n) is 4.28. The predicted molar refractivity (Wildman–Crippen MR) is 90.8 cm³/mol. The summed E-state index contributed by atoms with van der Waals surface area (Å²) in [7, 11) is 3.10. The fraction of sp³-hybridized carbons (Fsp3) is 0.500. The average Bonchev–Trinajstić information content (AvgIpc) is 3.00. The Balaban J connectivity index is 2.10. The van der Waals surface area contributed by atoms with Gasteiger partial charge in [0.15, 0.2) is 0 Å². The van der Waals surface area contributed by atoms with Gasteiger partial charge < -0.3 is 14.5 Å². The van der Waals surface area contributed by atoms with Crippen molar-refractivity contribution in [2.75, 3.05) is 32.1 Å². The lowest BCUT2D eigenvalue weighted by Gasteiger charge is -2.21. The first kappa shape index (κ1) is 18.0. The molecule has 1 atom stereocenters. The highest BCUT2D eigenvalue weighted by atomic mass is 16.5. The van der Waals surface area contributed by atoms with Gasteiger partial charge in [0.1, 0.15) is 0 Å². The molecular weight excluding hydrogens is 308 g/mol. The molecule has 0 aliphatic carbocycles. The fourth-order valence-corrected chi connectivity index (χ4v) is 2.86. The Morgan fingerprint density at radius 3 is 2.79 bits per heavy atom. The largest absolute Gasteiger partial charge is 0.465 e. The highest BCUT2D eigenvalue weighted by molar-refractivity contribution is 6.01. The normalized spacial score (nSPS) is 17.0. The van der Waals surface area contributed by atoms with E-state index < -0.39 is 5.97 Å². The van der Waals surface area contributed by atoms with Gasteiger partial charge in [-0.05, 0) is 24.6 Å². The van der Waals surface area contributed by atoms with Gasteiger partial charge in [0.2, 0.25) is 11.8 Å². The summed E-state index contributed by atoms with van der Waals surface area (Å²) in [6.07, 6.45) is 2.18. The van der Waals surface area contributed by atoms with Crippen LogP contribution in [0.4, 0.5) is 5.69 Å². The Bertz CT molecular complexity index is 629. The van der Waals surface area contributed by atoms with Crippen molar-refractivity contribution in [2.24, 2.45) is 5.92 Å². The van der Waals surface area contributed by atoms with E-state index in [1.54, 1.807) is 41.1 Å². The monoisotopic (exact) mass is 332 g/mol. The molecule has 0 N–H and O–H groups in total. The molecule has 1 aliphatic rings. The predicted octanol–water partition coefficient (Wildman–Crippen LogP) is 2.08. The van der Waals surface area contributed by atoms with E-state index in [2.05, 4.69) is 6.92 Å². The molecule has 1 saturated heterocycles. The van der Waals surface area contributed by atoms with Gasteiger partial charge in [0.25, 0.3) is 0 Å². The summed E-state index contributed by atoms with van der Waals surface area (Å²) < 4.78 is 4.71. The van der Waals surface area contributed by atoms with Gasteiger partial charge in [-0.2, -0.15) is 0 Å². The lowest BCUT2D eigenvalue weighted by molar-refractivity contribution is -0.134. The molecule has 0 aromatic heterocycles. The fourth-order valence-electron chi connectivity index (χ4n) is 2.86. The maximum absolute atomic E-state index is 12.5. The number of unbranched alkanes of at least 4 members (excludes halogenated alkanes) is 1. The Hall–Kier alpha value is -2.37. The molecule has 0 radical (unpaired) electrons. The van der Waals surface area contributed by atoms with E-state index in [-0.39, 0.29) is 24.2 Å². The summed E-state index contributed by atoms with van der Waals surface area (Å²) in [5, 5.41) is 0. The molecule has 1 aliphatic heterocycles. The van der Waals surface area contributed by atoms with Crippen molar-refractivity contribution in [3.05, 3.63) is 29.8 Å². The number of esters is 1. The SMILES string of the molecule is CCCCN(C)C(=O)C1CC(=O)N(c2cccc(C(=O)OC)c2)C1. The lowest BCUT2D eigenvalue weighted by atomic mass is 10.1. The molecule has 1 unspecified atom stereocenters. The molecule has 24 heavy (non-hydrogen) atoms. The maximum Gasteiger partial charge on any atom is 0.337 e. The number of rotatable bonds is 6. The second kappa shape index (κ2) is 7.95. The summed E-state index contributed by atoms with van der Waals surface area (Å²) >= 11 is 0. The number of amides is 2. The van der Waals surface area contributed by atoms with E-state index in [1.807, 2.05) is 0 Å². The topological polar surface area (TPSA) is 66.9 Å². The number of nitrogens with zero attached hydrogens (tertiary/aromatic N) is 2. The zero-order valence-electron chi connectivity index (χ0n) is 14.4. The van der Waals surface area contributed by atoms with Gasteiger partial charge in [-0.1, -0.05) is 19.4 Å². The van der Waals surface area contributed by atoms with E-state index in [0.29, 0.717) is 24.3 Å². The molecule has 0 spiro atoms. The number of benzene rings is 1. The molecule has 1 aromatic rings. The highest BCUT2D eigenvalue weighted by Gasteiger charge is 2.36. The number of hydrogen-bond donors (Lipinski definition) is 0. The molecule has 1 fully saturated rings. The molecule has 0 bridgehead atoms. The number of ether oxygens (including phenoxy) is 1. The van der Waals surface area contributed by atoms with Crippen molar-refractivity contribution in [1.29, 1.82) is 0 Å². The highest BCUT2D eigenvalue weighted by Crippen LogP contribution is 2.27. The molecule has 1 aromatic carbocycles. The lowest BCUT2D eigenvalue weighted by Crippen LogP contribution is -2.35. The van der Waals surface area contributed by atoms with Gasteiger partial charge in [0, 0.05) is 32.2 Å². The van der Waals surface area contributed by atoms with Crippen LogP contribution in [0.25, 0.3) is 0 Å². The zero-order valence-corrected chi connectivity index (χ0v) is 14.4. The van der Waals surface area contributed by atoms with Crippen LogP contribution < -0.4 is 4.90 Å². The van der Waals surface area contributed by atoms with Crippen LogP contribution in [0.15, 0.2) is 24.3 Å². The first-order chi connectivity index (χ1) is 11.5. The molecule has 130 valence electrons. The van der Waals surface area contributed by atoms with Crippen LogP contribution in [0.5, 0.6) is 0 Å². The van der Waals surface area contributed by atoms with E-state index in [4.69, 9.17) is 4.74 Å². The first-order valence-corrected chi connectivity index (χ1v) is 8.21. The Labute approximate surface area is 142 Å². The smallest absolute Gasteiger partial charge is 0.337 e. The minimum absolute atomic E-state index is 0.00317. The number of anilines is 1. The number of hydrogen-bond acceptors (Lipinski definition) is 4. The van der Waals surface area contributed by atoms with Crippen molar-refractivity contribution in [3.8, 4) is 0 Å². The average molecular weight is 332 g/mol. The van der Waals surface area contributed by atoms with E-state index in [9.17, 15) is 14.4 Å². The second-order valence-electron chi connectivity index (χ2n) is 6.06. The molecule has 6 nitrogen and oxygen atoms in total. The van der Waals surface area contributed by atoms with Crippen molar-refractivity contribution in [1.82, 2.24) is 4.90 Å². The van der Waals surface area contributed by atoms with Gasteiger partial charge in [-0.15, -0.1) is 0 Å². The first-order valence-electron chi connectivity index (χ1n) is 8.21. The Morgan fingerprint density at radius 2 is 2.12 bits per heavy atom. The van der Waals surface area contributed by atoms with Crippen LogP contribution in [0.3, 0.4) is 0 Å². The van der Waals surface area contributed by atoms with E-state index in [0.717, 1.165) is 12.8 Å². The molecule has 0 saturated carbocycles. The standard InChI is InChI=1S/C18H24N2O4/c1-4-5-9-19(2)17(22)14-11-16(21)20(12-14)15-8-6-7-13(10-15)18(23)24-3/h6-8,10,14H,4-5,9,11-12H2,1-3H3. The van der Waals surface area contributed by atoms with Crippen molar-refractivity contribution in [3.63, 3.8) is 0 Å². The van der Waals surface area contributed by atoms with Gasteiger partial charge >= 0.3 is 5.97 Å². The van der Waals surface area contributed by atoms with Crippen LogP contribution in [-0.4, -0.2) is 49.9 Å².